The molecular formula is C24H26F2N4O2. The number of halogens is 2. The Morgan fingerprint density at radius 1 is 1.31 bits per heavy atom. The van der Waals surface area contributed by atoms with E-state index >= 15 is 0 Å². The molecule has 168 valence electrons. The maximum atomic E-state index is 14.5. The predicted octanol–water partition coefficient (Wildman–Crippen LogP) is 3.95. The van der Waals surface area contributed by atoms with E-state index in [-0.39, 0.29) is 17.4 Å². The molecule has 1 aliphatic rings. The van der Waals surface area contributed by atoms with Crippen molar-refractivity contribution in [3.05, 3.63) is 71.1 Å². The summed E-state index contributed by atoms with van der Waals surface area (Å²) in [6.45, 7) is 4.02. The fourth-order valence-electron chi connectivity index (χ4n) is 3.46. The fraction of sp³-hybridized carbons (Fsp3) is 0.292. The van der Waals surface area contributed by atoms with Gasteiger partial charge in [-0.25, -0.2) is 8.78 Å². The van der Waals surface area contributed by atoms with Gasteiger partial charge in [0, 0.05) is 63.4 Å². The molecule has 0 spiro atoms. The summed E-state index contributed by atoms with van der Waals surface area (Å²) in [4.78, 5) is 22.3. The van der Waals surface area contributed by atoms with Crippen LogP contribution < -0.4 is 5.32 Å². The van der Waals surface area contributed by atoms with Gasteiger partial charge < -0.3 is 10.1 Å². The number of aliphatic imine (C=N–C) groups is 1. The van der Waals surface area contributed by atoms with E-state index in [1.165, 1.54) is 36.7 Å². The number of nitrogens with zero attached hydrogens (tertiary/aromatic N) is 3. The van der Waals surface area contributed by atoms with Crippen LogP contribution in [0.1, 0.15) is 23.6 Å². The third kappa shape index (κ3) is 5.72. The Labute approximate surface area is 186 Å². The molecule has 0 bridgehead atoms. The van der Waals surface area contributed by atoms with Crippen LogP contribution in [0, 0.1) is 11.6 Å². The van der Waals surface area contributed by atoms with Gasteiger partial charge in [0.1, 0.15) is 11.6 Å². The minimum atomic E-state index is -0.538. The van der Waals surface area contributed by atoms with Crippen LogP contribution in [-0.2, 0) is 16.1 Å². The van der Waals surface area contributed by atoms with Gasteiger partial charge in [-0.05, 0) is 36.3 Å². The van der Waals surface area contributed by atoms with Crippen molar-refractivity contribution in [2.75, 3.05) is 32.6 Å². The SMILES string of the molecule is C/C=C(\C=NC)c1c(F)cncc1/C=C/C(=O)Nc1ccc(CN2CC(OC)C2)cc1F. The van der Waals surface area contributed by atoms with Crippen LogP contribution in [0.25, 0.3) is 11.6 Å². The quantitative estimate of drug-likeness (QED) is 0.499. The first-order chi connectivity index (χ1) is 15.4. The van der Waals surface area contributed by atoms with Gasteiger partial charge in [0.15, 0.2) is 0 Å². The van der Waals surface area contributed by atoms with Crippen LogP contribution in [-0.4, -0.2) is 55.4 Å². The number of anilines is 1. The van der Waals surface area contributed by atoms with E-state index in [0.29, 0.717) is 17.7 Å². The number of hydrogen-bond acceptors (Lipinski definition) is 5. The van der Waals surface area contributed by atoms with E-state index in [9.17, 15) is 13.6 Å². The van der Waals surface area contributed by atoms with E-state index in [1.54, 1.807) is 33.2 Å². The lowest BCUT2D eigenvalue weighted by molar-refractivity contribution is -0.111. The molecule has 0 saturated carbocycles. The Morgan fingerprint density at radius 3 is 2.75 bits per heavy atom. The molecular weight excluding hydrogens is 414 g/mol. The summed E-state index contributed by atoms with van der Waals surface area (Å²) >= 11 is 0. The molecule has 1 N–H and O–H groups in total. The van der Waals surface area contributed by atoms with Crippen LogP contribution in [0.4, 0.5) is 14.5 Å². The van der Waals surface area contributed by atoms with Gasteiger partial charge in [0.05, 0.1) is 18.0 Å². The molecule has 0 aliphatic carbocycles. The van der Waals surface area contributed by atoms with Crippen LogP contribution in [0.15, 0.2) is 47.7 Å². The molecule has 1 saturated heterocycles. The summed E-state index contributed by atoms with van der Waals surface area (Å²) in [6, 6.07) is 4.73. The monoisotopic (exact) mass is 440 g/mol. The fourth-order valence-corrected chi connectivity index (χ4v) is 3.46. The maximum absolute atomic E-state index is 14.5. The zero-order valence-corrected chi connectivity index (χ0v) is 18.3. The predicted molar refractivity (Wildman–Crippen MR) is 122 cm³/mol. The molecule has 6 nitrogen and oxygen atoms in total. The Kier molecular flexibility index (Phi) is 7.97. The van der Waals surface area contributed by atoms with Gasteiger partial charge in [-0.3, -0.25) is 19.7 Å². The Bertz CT molecular complexity index is 1060. The van der Waals surface area contributed by atoms with Crippen LogP contribution in [0.5, 0.6) is 0 Å². The molecule has 0 atom stereocenters. The highest BCUT2D eigenvalue weighted by Crippen LogP contribution is 2.23. The van der Waals surface area contributed by atoms with Gasteiger partial charge in [-0.15, -0.1) is 0 Å². The zero-order chi connectivity index (χ0) is 23.1. The molecule has 1 aromatic carbocycles. The normalized spacial score (nSPS) is 15.5. The van der Waals surface area contributed by atoms with Crippen LogP contribution in [0.3, 0.4) is 0 Å². The highest BCUT2D eigenvalue weighted by Gasteiger charge is 2.26. The number of benzene rings is 1. The summed E-state index contributed by atoms with van der Waals surface area (Å²) in [5, 5.41) is 2.52. The zero-order valence-electron chi connectivity index (χ0n) is 18.3. The third-order valence-electron chi connectivity index (χ3n) is 5.17. The number of carbonyl (C=O) groups is 1. The number of carbonyl (C=O) groups excluding carboxylic acids is 1. The third-order valence-corrected chi connectivity index (χ3v) is 5.17. The minimum Gasteiger partial charge on any atom is -0.379 e. The standard InChI is InChI=1S/C24H26F2N4O2/c1-4-17(10-27-2)24-18(11-28-12-21(24)26)6-8-23(31)29-22-7-5-16(9-20(22)25)13-30-14-19(15-30)32-3/h4-12,19H,13-15H2,1-3H3,(H,29,31)/b8-6+,17-4+,27-10?. The number of allylic oxidation sites excluding steroid dienone is 2. The topological polar surface area (TPSA) is 66.8 Å². The second-order valence-electron chi connectivity index (χ2n) is 7.41. The minimum absolute atomic E-state index is 0.0756. The molecule has 2 aromatic rings. The van der Waals surface area contributed by atoms with Crippen molar-refractivity contribution in [1.29, 1.82) is 0 Å². The number of rotatable bonds is 8. The number of methoxy groups -OCH3 is 1. The highest BCUT2D eigenvalue weighted by atomic mass is 19.1. The van der Waals surface area contributed by atoms with Gasteiger partial charge >= 0.3 is 0 Å². The highest BCUT2D eigenvalue weighted by molar-refractivity contribution is 6.11. The van der Waals surface area contributed by atoms with E-state index in [0.717, 1.165) is 24.8 Å². The maximum Gasteiger partial charge on any atom is 0.248 e. The van der Waals surface area contributed by atoms with Crippen molar-refractivity contribution in [3.63, 3.8) is 0 Å². The molecule has 32 heavy (non-hydrogen) atoms. The van der Waals surface area contributed by atoms with Crippen molar-refractivity contribution < 1.29 is 18.3 Å². The molecule has 1 aliphatic heterocycles. The van der Waals surface area contributed by atoms with Crippen LogP contribution >= 0.6 is 0 Å². The van der Waals surface area contributed by atoms with E-state index in [2.05, 4.69) is 20.2 Å². The van der Waals surface area contributed by atoms with E-state index in [1.807, 2.05) is 0 Å². The molecule has 3 rings (SSSR count). The number of hydrogen-bond donors (Lipinski definition) is 1. The Morgan fingerprint density at radius 2 is 2.09 bits per heavy atom. The lowest BCUT2D eigenvalue weighted by Crippen LogP contribution is -2.50. The number of ether oxygens (including phenoxy) is 1. The molecule has 1 amide bonds. The first-order valence-electron chi connectivity index (χ1n) is 10.2. The Hall–Kier alpha value is -3.23. The molecule has 0 radical (unpaired) electrons. The van der Waals surface area contributed by atoms with Gasteiger partial charge in [-0.1, -0.05) is 12.1 Å². The number of aromatic nitrogens is 1. The molecule has 0 unspecified atom stereocenters. The van der Waals surface area contributed by atoms with E-state index < -0.39 is 17.5 Å². The Balaban J connectivity index is 1.68. The average molecular weight is 440 g/mol. The number of nitrogens with one attached hydrogen (secondary N) is 1. The second-order valence-corrected chi connectivity index (χ2v) is 7.41. The van der Waals surface area contributed by atoms with Crippen LogP contribution in [0.2, 0.25) is 0 Å². The van der Waals surface area contributed by atoms with Crippen molar-refractivity contribution >= 4 is 29.5 Å². The van der Waals surface area contributed by atoms with E-state index in [4.69, 9.17) is 4.74 Å². The summed E-state index contributed by atoms with van der Waals surface area (Å²) in [6.07, 6.45) is 8.70. The molecule has 2 heterocycles. The summed E-state index contributed by atoms with van der Waals surface area (Å²) in [5.74, 6) is -1.58. The number of likely N-dealkylation sites (tertiary alicyclic amines) is 1. The first kappa shape index (κ1) is 23.4. The second kappa shape index (κ2) is 10.9. The largest absolute Gasteiger partial charge is 0.379 e. The average Bonchev–Trinajstić information content (AvgIpc) is 2.75. The summed E-state index contributed by atoms with van der Waals surface area (Å²) < 4.78 is 34.1. The van der Waals surface area contributed by atoms with Gasteiger partial charge in [0.25, 0.3) is 0 Å². The summed E-state index contributed by atoms with van der Waals surface area (Å²) in [7, 11) is 3.27. The van der Waals surface area contributed by atoms with Crippen molar-refractivity contribution in [3.8, 4) is 0 Å². The lowest BCUT2D eigenvalue weighted by atomic mass is 10.0. The number of amides is 1. The first-order valence-corrected chi connectivity index (χ1v) is 10.2. The van der Waals surface area contributed by atoms with Crippen molar-refractivity contribution in [2.45, 2.75) is 19.6 Å². The smallest absolute Gasteiger partial charge is 0.248 e. The summed E-state index contributed by atoms with van der Waals surface area (Å²) in [5.41, 5.74) is 2.15. The molecule has 8 heteroatoms. The lowest BCUT2D eigenvalue weighted by Gasteiger charge is -2.38. The van der Waals surface area contributed by atoms with Crippen molar-refractivity contribution in [2.24, 2.45) is 4.99 Å². The van der Waals surface area contributed by atoms with Gasteiger partial charge in [-0.2, -0.15) is 0 Å². The van der Waals surface area contributed by atoms with Gasteiger partial charge in [0.2, 0.25) is 5.91 Å². The van der Waals surface area contributed by atoms with Crippen molar-refractivity contribution in [1.82, 2.24) is 9.88 Å². The molecule has 1 aromatic heterocycles. The molecule has 1 fully saturated rings. The number of pyridine rings is 1.